The average Bonchev–Trinajstić information content (AvgIpc) is 2.35. The Morgan fingerprint density at radius 1 is 1.41 bits per heavy atom. The van der Waals surface area contributed by atoms with Gasteiger partial charge in [0, 0.05) is 40.0 Å². The largest absolute Gasteiger partial charge is 0.385 e. The van der Waals surface area contributed by atoms with Crippen molar-refractivity contribution in [2.45, 2.75) is 25.8 Å². The van der Waals surface area contributed by atoms with Crippen molar-refractivity contribution in [2.24, 2.45) is 0 Å². The molecule has 1 fully saturated rings. The maximum absolute atomic E-state index is 11.9. The van der Waals surface area contributed by atoms with Crippen molar-refractivity contribution in [1.29, 1.82) is 0 Å². The van der Waals surface area contributed by atoms with Crippen LogP contribution < -0.4 is 5.32 Å². The molecule has 0 aromatic rings. The van der Waals surface area contributed by atoms with Gasteiger partial charge in [0.15, 0.2) is 0 Å². The van der Waals surface area contributed by atoms with E-state index in [-0.39, 0.29) is 11.9 Å². The van der Waals surface area contributed by atoms with Crippen LogP contribution in [0.4, 0.5) is 0 Å². The molecule has 1 amide bonds. The maximum Gasteiger partial charge on any atom is 0.239 e. The second-order valence-electron chi connectivity index (χ2n) is 4.20. The van der Waals surface area contributed by atoms with Crippen LogP contribution in [0.2, 0.25) is 0 Å². The molecule has 0 bridgehead atoms. The van der Waals surface area contributed by atoms with Gasteiger partial charge in [-0.3, -0.25) is 4.79 Å². The van der Waals surface area contributed by atoms with Crippen LogP contribution in [0.25, 0.3) is 0 Å². The van der Waals surface area contributed by atoms with E-state index in [9.17, 15) is 4.79 Å². The van der Waals surface area contributed by atoms with Gasteiger partial charge in [-0.25, -0.2) is 0 Å². The molecule has 5 heteroatoms. The van der Waals surface area contributed by atoms with Crippen LogP contribution in [0, 0.1) is 0 Å². The van der Waals surface area contributed by atoms with Crippen LogP contribution in [0.3, 0.4) is 0 Å². The van der Waals surface area contributed by atoms with E-state index in [0.29, 0.717) is 19.8 Å². The Kier molecular flexibility index (Phi) is 7.16. The van der Waals surface area contributed by atoms with Crippen LogP contribution in [0.1, 0.15) is 19.8 Å². The summed E-state index contributed by atoms with van der Waals surface area (Å²) < 4.78 is 10.4. The van der Waals surface area contributed by atoms with E-state index in [1.54, 1.807) is 7.11 Å². The Balaban J connectivity index is 2.11. The Bertz CT molecular complexity index is 224. The molecule has 100 valence electrons. The van der Waals surface area contributed by atoms with Crippen molar-refractivity contribution in [1.82, 2.24) is 10.2 Å². The normalized spacial score (nSPS) is 20.9. The molecular weight excluding hydrogens is 220 g/mol. The molecule has 1 rings (SSSR count). The second kappa shape index (κ2) is 8.44. The molecule has 0 aliphatic carbocycles. The monoisotopic (exact) mass is 244 g/mol. The van der Waals surface area contributed by atoms with Gasteiger partial charge in [-0.1, -0.05) is 6.92 Å². The van der Waals surface area contributed by atoms with Gasteiger partial charge in [0.2, 0.25) is 5.91 Å². The van der Waals surface area contributed by atoms with Crippen molar-refractivity contribution >= 4 is 5.91 Å². The molecule has 1 saturated heterocycles. The van der Waals surface area contributed by atoms with E-state index in [2.05, 4.69) is 5.32 Å². The molecular formula is C12H24N2O3. The zero-order valence-electron chi connectivity index (χ0n) is 10.9. The van der Waals surface area contributed by atoms with Gasteiger partial charge in [-0.2, -0.15) is 0 Å². The highest BCUT2D eigenvalue weighted by atomic mass is 16.5. The minimum atomic E-state index is -0.00255. The van der Waals surface area contributed by atoms with Crippen LogP contribution in [0.5, 0.6) is 0 Å². The van der Waals surface area contributed by atoms with Crippen molar-refractivity contribution in [2.75, 3.05) is 46.6 Å². The molecule has 5 nitrogen and oxygen atoms in total. The van der Waals surface area contributed by atoms with Gasteiger partial charge in [0.25, 0.3) is 0 Å². The summed E-state index contributed by atoms with van der Waals surface area (Å²) in [7, 11) is 1.68. The standard InChI is InChI=1S/C12H24N2O3/c1-3-11-12(15)14(6-5-13-11)7-10-17-9-4-8-16-2/h11,13H,3-10H2,1-2H3. The zero-order chi connectivity index (χ0) is 12.5. The Hall–Kier alpha value is -0.650. The lowest BCUT2D eigenvalue weighted by Crippen LogP contribution is -2.55. The Morgan fingerprint density at radius 2 is 2.24 bits per heavy atom. The van der Waals surface area contributed by atoms with Gasteiger partial charge >= 0.3 is 0 Å². The highest BCUT2D eigenvalue weighted by molar-refractivity contribution is 5.82. The third-order valence-electron chi connectivity index (χ3n) is 2.93. The van der Waals surface area contributed by atoms with Crippen LogP contribution in [0.15, 0.2) is 0 Å². The van der Waals surface area contributed by atoms with E-state index in [1.807, 2.05) is 11.8 Å². The molecule has 0 aromatic heterocycles. The van der Waals surface area contributed by atoms with Crippen molar-refractivity contribution in [3.63, 3.8) is 0 Å². The van der Waals surface area contributed by atoms with Crippen LogP contribution in [-0.4, -0.2) is 63.4 Å². The lowest BCUT2D eigenvalue weighted by molar-refractivity contribution is -0.136. The fourth-order valence-corrected chi connectivity index (χ4v) is 1.91. The lowest BCUT2D eigenvalue weighted by Gasteiger charge is -2.32. The summed E-state index contributed by atoms with van der Waals surface area (Å²) in [6, 6.07) is -0.00255. The third kappa shape index (κ3) is 5.02. The van der Waals surface area contributed by atoms with E-state index in [4.69, 9.17) is 9.47 Å². The number of piperazine rings is 1. The zero-order valence-corrected chi connectivity index (χ0v) is 10.9. The van der Waals surface area contributed by atoms with Crippen LogP contribution in [-0.2, 0) is 14.3 Å². The lowest BCUT2D eigenvalue weighted by atomic mass is 10.1. The first-order valence-electron chi connectivity index (χ1n) is 6.38. The predicted molar refractivity (Wildman–Crippen MR) is 66.0 cm³/mol. The number of ether oxygens (including phenoxy) is 2. The smallest absolute Gasteiger partial charge is 0.239 e. The Morgan fingerprint density at radius 3 is 2.94 bits per heavy atom. The molecule has 1 unspecified atom stereocenters. The fourth-order valence-electron chi connectivity index (χ4n) is 1.91. The quantitative estimate of drug-likeness (QED) is 0.622. The number of rotatable bonds is 8. The van der Waals surface area contributed by atoms with Gasteiger partial charge in [0.05, 0.1) is 12.6 Å². The fraction of sp³-hybridized carbons (Fsp3) is 0.917. The first kappa shape index (κ1) is 14.4. The number of amides is 1. The summed E-state index contributed by atoms with van der Waals surface area (Å²) in [5, 5.41) is 3.22. The molecule has 17 heavy (non-hydrogen) atoms. The van der Waals surface area contributed by atoms with E-state index < -0.39 is 0 Å². The average molecular weight is 244 g/mol. The molecule has 0 saturated carbocycles. The van der Waals surface area contributed by atoms with Crippen molar-refractivity contribution in [3.8, 4) is 0 Å². The maximum atomic E-state index is 11.9. The molecule has 1 atom stereocenters. The van der Waals surface area contributed by atoms with Gasteiger partial charge in [0.1, 0.15) is 0 Å². The van der Waals surface area contributed by atoms with E-state index >= 15 is 0 Å². The number of nitrogens with zero attached hydrogens (tertiary/aromatic N) is 1. The number of carbonyl (C=O) groups is 1. The molecule has 1 aliphatic rings. The Labute approximate surface area is 103 Å². The van der Waals surface area contributed by atoms with Gasteiger partial charge < -0.3 is 19.7 Å². The van der Waals surface area contributed by atoms with Crippen LogP contribution >= 0.6 is 0 Å². The van der Waals surface area contributed by atoms with Crippen molar-refractivity contribution in [3.05, 3.63) is 0 Å². The van der Waals surface area contributed by atoms with Gasteiger partial charge in [-0.15, -0.1) is 0 Å². The first-order valence-corrected chi connectivity index (χ1v) is 6.38. The summed E-state index contributed by atoms with van der Waals surface area (Å²) in [4.78, 5) is 13.8. The van der Waals surface area contributed by atoms with Crippen molar-refractivity contribution < 1.29 is 14.3 Å². The summed E-state index contributed by atoms with van der Waals surface area (Å²) in [6.45, 7) is 6.44. The highest BCUT2D eigenvalue weighted by Gasteiger charge is 2.26. The number of methoxy groups -OCH3 is 1. The number of nitrogens with one attached hydrogen (secondary N) is 1. The summed E-state index contributed by atoms with van der Waals surface area (Å²) in [5.74, 6) is 0.208. The first-order chi connectivity index (χ1) is 8.29. The molecule has 0 spiro atoms. The minimum Gasteiger partial charge on any atom is -0.385 e. The predicted octanol–water partition coefficient (Wildman–Crippen LogP) is 0.250. The number of carbonyl (C=O) groups excluding carboxylic acids is 1. The third-order valence-corrected chi connectivity index (χ3v) is 2.93. The van der Waals surface area contributed by atoms with E-state index in [0.717, 1.165) is 32.5 Å². The molecule has 1 N–H and O–H groups in total. The number of hydrogen-bond donors (Lipinski definition) is 1. The second-order valence-corrected chi connectivity index (χ2v) is 4.20. The minimum absolute atomic E-state index is 0.00255. The molecule has 1 aliphatic heterocycles. The topological polar surface area (TPSA) is 50.8 Å². The summed E-state index contributed by atoms with van der Waals surface area (Å²) >= 11 is 0. The number of hydrogen-bond acceptors (Lipinski definition) is 4. The molecule has 0 radical (unpaired) electrons. The summed E-state index contributed by atoms with van der Waals surface area (Å²) in [6.07, 6.45) is 1.76. The molecule has 0 aromatic carbocycles. The highest BCUT2D eigenvalue weighted by Crippen LogP contribution is 2.04. The SMILES string of the molecule is CCC1NCCN(CCOCCCOC)C1=O. The van der Waals surface area contributed by atoms with E-state index in [1.165, 1.54) is 0 Å². The van der Waals surface area contributed by atoms with Gasteiger partial charge in [-0.05, 0) is 12.8 Å². The molecule has 1 heterocycles. The summed E-state index contributed by atoms with van der Waals surface area (Å²) in [5.41, 5.74) is 0.